The SMILES string of the molecule is CC(C)Cn1ncnc1Cn1ccc2cccc(CN)c21. The minimum atomic E-state index is 0.542. The molecular formula is C16H21N5. The molecule has 5 heteroatoms. The van der Waals surface area contributed by atoms with E-state index in [0.717, 1.165) is 17.9 Å². The summed E-state index contributed by atoms with van der Waals surface area (Å²) in [7, 11) is 0. The van der Waals surface area contributed by atoms with E-state index in [1.54, 1.807) is 6.33 Å². The van der Waals surface area contributed by atoms with Gasteiger partial charge in [0.2, 0.25) is 0 Å². The molecule has 0 atom stereocenters. The van der Waals surface area contributed by atoms with Gasteiger partial charge in [-0.1, -0.05) is 32.0 Å². The van der Waals surface area contributed by atoms with Gasteiger partial charge in [-0.05, 0) is 22.9 Å². The van der Waals surface area contributed by atoms with E-state index in [-0.39, 0.29) is 0 Å². The van der Waals surface area contributed by atoms with Crippen molar-refractivity contribution in [3.63, 3.8) is 0 Å². The summed E-state index contributed by atoms with van der Waals surface area (Å²) in [5, 5.41) is 5.54. The van der Waals surface area contributed by atoms with Crippen LogP contribution in [0.3, 0.4) is 0 Å². The highest BCUT2D eigenvalue weighted by molar-refractivity contribution is 5.83. The standard InChI is InChI=1S/C16H21N5/c1-12(2)9-21-15(18-11-19-21)10-20-7-6-13-4-3-5-14(8-17)16(13)20/h3-7,11-12H,8-10,17H2,1-2H3. The van der Waals surface area contributed by atoms with Crippen LogP contribution in [0.5, 0.6) is 0 Å². The van der Waals surface area contributed by atoms with E-state index >= 15 is 0 Å². The molecule has 0 aliphatic carbocycles. The summed E-state index contributed by atoms with van der Waals surface area (Å²) in [5.41, 5.74) is 8.22. The fraction of sp³-hybridized carbons (Fsp3) is 0.375. The number of nitrogens with two attached hydrogens (primary N) is 1. The third-order valence-corrected chi connectivity index (χ3v) is 3.64. The van der Waals surface area contributed by atoms with E-state index in [1.807, 2.05) is 4.68 Å². The molecule has 0 aliphatic heterocycles. The number of para-hydroxylation sites is 1. The first-order valence-electron chi connectivity index (χ1n) is 7.32. The van der Waals surface area contributed by atoms with Gasteiger partial charge in [-0.25, -0.2) is 9.67 Å². The summed E-state index contributed by atoms with van der Waals surface area (Å²) in [6, 6.07) is 8.37. The highest BCUT2D eigenvalue weighted by atomic mass is 15.3. The molecule has 0 unspecified atom stereocenters. The number of rotatable bonds is 5. The van der Waals surface area contributed by atoms with Crippen molar-refractivity contribution in [3.05, 3.63) is 48.2 Å². The number of hydrogen-bond acceptors (Lipinski definition) is 3. The number of aromatic nitrogens is 4. The van der Waals surface area contributed by atoms with Crippen molar-refractivity contribution < 1.29 is 0 Å². The summed E-state index contributed by atoms with van der Waals surface area (Å²) < 4.78 is 4.19. The van der Waals surface area contributed by atoms with Gasteiger partial charge in [0.25, 0.3) is 0 Å². The lowest BCUT2D eigenvalue weighted by Gasteiger charge is -2.11. The van der Waals surface area contributed by atoms with E-state index in [0.29, 0.717) is 19.0 Å². The van der Waals surface area contributed by atoms with E-state index in [1.165, 1.54) is 10.9 Å². The molecule has 3 rings (SSSR count). The lowest BCUT2D eigenvalue weighted by molar-refractivity contribution is 0.462. The molecule has 2 N–H and O–H groups in total. The Kier molecular flexibility index (Phi) is 3.75. The molecule has 5 nitrogen and oxygen atoms in total. The maximum atomic E-state index is 5.87. The Morgan fingerprint density at radius 3 is 2.86 bits per heavy atom. The minimum absolute atomic E-state index is 0.542. The van der Waals surface area contributed by atoms with Gasteiger partial charge in [0.05, 0.1) is 12.1 Å². The van der Waals surface area contributed by atoms with Crippen molar-refractivity contribution in [2.75, 3.05) is 0 Å². The first kappa shape index (κ1) is 13.8. The molecule has 110 valence electrons. The molecule has 2 aromatic heterocycles. The van der Waals surface area contributed by atoms with Crippen LogP contribution in [-0.4, -0.2) is 19.3 Å². The monoisotopic (exact) mass is 283 g/mol. The van der Waals surface area contributed by atoms with Crippen molar-refractivity contribution in [1.82, 2.24) is 19.3 Å². The Morgan fingerprint density at radius 1 is 1.24 bits per heavy atom. The topological polar surface area (TPSA) is 61.7 Å². The summed E-state index contributed by atoms with van der Waals surface area (Å²) in [6.07, 6.45) is 3.73. The van der Waals surface area contributed by atoms with E-state index < -0.39 is 0 Å². The van der Waals surface area contributed by atoms with Gasteiger partial charge in [-0.2, -0.15) is 5.10 Å². The van der Waals surface area contributed by atoms with Crippen LogP contribution in [0.2, 0.25) is 0 Å². The fourth-order valence-corrected chi connectivity index (χ4v) is 2.70. The Hall–Kier alpha value is -2.14. The van der Waals surface area contributed by atoms with Gasteiger partial charge in [0.1, 0.15) is 12.2 Å². The zero-order chi connectivity index (χ0) is 14.8. The Bertz CT molecular complexity index is 738. The van der Waals surface area contributed by atoms with Crippen LogP contribution in [0, 0.1) is 5.92 Å². The second-order valence-electron chi connectivity index (χ2n) is 5.75. The van der Waals surface area contributed by atoms with Gasteiger partial charge in [0, 0.05) is 19.3 Å². The molecule has 1 aromatic carbocycles. The highest BCUT2D eigenvalue weighted by Gasteiger charge is 2.10. The third-order valence-electron chi connectivity index (χ3n) is 3.64. The van der Waals surface area contributed by atoms with E-state index in [9.17, 15) is 0 Å². The second kappa shape index (κ2) is 5.69. The smallest absolute Gasteiger partial charge is 0.146 e. The van der Waals surface area contributed by atoms with Crippen molar-refractivity contribution >= 4 is 10.9 Å². The summed E-state index contributed by atoms with van der Waals surface area (Å²) in [5.74, 6) is 1.53. The van der Waals surface area contributed by atoms with Crippen LogP contribution >= 0.6 is 0 Å². The van der Waals surface area contributed by atoms with E-state index in [2.05, 4.69) is 59.0 Å². The average Bonchev–Trinajstić information content (AvgIpc) is 3.06. The molecule has 0 saturated heterocycles. The lowest BCUT2D eigenvalue weighted by Crippen LogP contribution is -2.13. The fourth-order valence-electron chi connectivity index (χ4n) is 2.70. The number of fused-ring (bicyclic) bond motifs is 1. The minimum Gasteiger partial charge on any atom is -0.340 e. The molecule has 3 aromatic rings. The molecule has 21 heavy (non-hydrogen) atoms. The number of benzene rings is 1. The molecule has 0 spiro atoms. The van der Waals surface area contributed by atoms with Gasteiger partial charge in [-0.3, -0.25) is 0 Å². The van der Waals surface area contributed by atoms with Crippen molar-refractivity contribution in [2.45, 2.75) is 33.5 Å². The van der Waals surface area contributed by atoms with Crippen molar-refractivity contribution in [2.24, 2.45) is 11.7 Å². The van der Waals surface area contributed by atoms with Crippen LogP contribution in [0.4, 0.5) is 0 Å². The normalized spacial score (nSPS) is 11.6. The summed E-state index contributed by atoms with van der Waals surface area (Å²) in [6.45, 7) is 6.51. The zero-order valence-electron chi connectivity index (χ0n) is 12.5. The van der Waals surface area contributed by atoms with Crippen LogP contribution in [0.15, 0.2) is 36.8 Å². The number of nitrogens with zero attached hydrogens (tertiary/aromatic N) is 4. The van der Waals surface area contributed by atoms with E-state index in [4.69, 9.17) is 5.73 Å². The van der Waals surface area contributed by atoms with Crippen molar-refractivity contribution in [1.29, 1.82) is 0 Å². The lowest BCUT2D eigenvalue weighted by atomic mass is 10.1. The molecule has 0 aliphatic rings. The molecule has 0 fully saturated rings. The quantitative estimate of drug-likeness (QED) is 0.782. The first-order chi connectivity index (χ1) is 10.2. The predicted molar refractivity (Wildman–Crippen MR) is 83.8 cm³/mol. The van der Waals surface area contributed by atoms with Gasteiger partial charge in [-0.15, -0.1) is 0 Å². The molecule has 0 radical (unpaired) electrons. The molecule has 0 amide bonds. The first-order valence-corrected chi connectivity index (χ1v) is 7.32. The highest BCUT2D eigenvalue weighted by Crippen LogP contribution is 2.21. The van der Waals surface area contributed by atoms with Crippen LogP contribution in [0.1, 0.15) is 25.2 Å². The van der Waals surface area contributed by atoms with Gasteiger partial charge in [0.15, 0.2) is 0 Å². The largest absolute Gasteiger partial charge is 0.340 e. The Morgan fingerprint density at radius 2 is 2.10 bits per heavy atom. The van der Waals surface area contributed by atoms with Crippen molar-refractivity contribution in [3.8, 4) is 0 Å². The van der Waals surface area contributed by atoms with Gasteiger partial charge >= 0.3 is 0 Å². The molecule has 0 saturated carbocycles. The molecule has 2 heterocycles. The van der Waals surface area contributed by atoms with Crippen LogP contribution in [-0.2, 0) is 19.6 Å². The predicted octanol–water partition coefficient (Wildman–Crippen LogP) is 2.40. The molecule has 0 bridgehead atoms. The molecular weight excluding hydrogens is 262 g/mol. The Labute approximate surface area is 124 Å². The average molecular weight is 283 g/mol. The Balaban J connectivity index is 1.97. The third kappa shape index (κ3) is 2.69. The van der Waals surface area contributed by atoms with Gasteiger partial charge < -0.3 is 10.3 Å². The zero-order valence-corrected chi connectivity index (χ0v) is 12.5. The van der Waals surface area contributed by atoms with Crippen LogP contribution < -0.4 is 5.73 Å². The number of hydrogen-bond donors (Lipinski definition) is 1. The van der Waals surface area contributed by atoms with Crippen LogP contribution in [0.25, 0.3) is 10.9 Å². The maximum Gasteiger partial charge on any atom is 0.146 e. The summed E-state index contributed by atoms with van der Waals surface area (Å²) >= 11 is 0. The summed E-state index contributed by atoms with van der Waals surface area (Å²) in [4.78, 5) is 4.41. The second-order valence-corrected chi connectivity index (χ2v) is 5.75. The maximum absolute atomic E-state index is 5.87.